The normalized spacial score (nSPS) is 10.5. The van der Waals surface area contributed by atoms with Gasteiger partial charge in [0, 0.05) is 17.7 Å². The lowest BCUT2D eigenvalue weighted by atomic mass is 10.2. The Morgan fingerprint density at radius 3 is 2.36 bits per heavy atom. The number of carbonyl (C=O) groups excluding carboxylic acids is 2. The van der Waals surface area contributed by atoms with Crippen LogP contribution in [0.5, 0.6) is 5.75 Å². The van der Waals surface area contributed by atoms with Crippen molar-refractivity contribution in [2.45, 2.75) is 19.8 Å². The lowest BCUT2D eigenvalue weighted by Gasteiger charge is -2.05. The number of methoxy groups -OCH3 is 1. The summed E-state index contributed by atoms with van der Waals surface area (Å²) >= 11 is 0. The van der Waals surface area contributed by atoms with Crippen LogP contribution < -0.4 is 15.5 Å². The Hall–Kier alpha value is -3.15. The average Bonchev–Trinajstić information content (AvgIpc) is 2.63. The molecule has 0 radical (unpaired) electrons. The standard InChI is InChI=1S/C19H21N3O3/c1-3-4-18(23)21-16-9-7-15(8-10-16)19(24)22-20-13-14-5-11-17(25-2)12-6-14/h5-13H,3-4H2,1-2H3,(H,21,23)(H,22,24)/b20-13-. The van der Waals surface area contributed by atoms with Gasteiger partial charge in [-0.05, 0) is 60.5 Å². The summed E-state index contributed by atoms with van der Waals surface area (Å²) in [6.07, 6.45) is 2.82. The number of benzene rings is 2. The van der Waals surface area contributed by atoms with E-state index < -0.39 is 0 Å². The summed E-state index contributed by atoms with van der Waals surface area (Å²) in [5.74, 6) is 0.396. The van der Waals surface area contributed by atoms with E-state index in [1.807, 2.05) is 31.2 Å². The van der Waals surface area contributed by atoms with Gasteiger partial charge in [-0.25, -0.2) is 5.43 Å². The van der Waals surface area contributed by atoms with Gasteiger partial charge in [0.1, 0.15) is 5.75 Å². The molecule has 0 fully saturated rings. The van der Waals surface area contributed by atoms with Crippen molar-refractivity contribution in [1.82, 2.24) is 5.43 Å². The number of rotatable bonds is 7. The molecule has 0 aliphatic carbocycles. The molecule has 6 nitrogen and oxygen atoms in total. The van der Waals surface area contributed by atoms with Crippen LogP contribution in [0.4, 0.5) is 5.69 Å². The molecule has 25 heavy (non-hydrogen) atoms. The third-order valence-corrected chi connectivity index (χ3v) is 3.40. The lowest BCUT2D eigenvalue weighted by Crippen LogP contribution is -2.17. The molecular weight excluding hydrogens is 318 g/mol. The summed E-state index contributed by atoms with van der Waals surface area (Å²) in [7, 11) is 1.60. The molecule has 0 bridgehead atoms. The van der Waals surface area contributed by atoms with Crippen molar-refractivity contribution in [3.05, 3.63) is 59.7 Å². The maximum absolute atomic E-state index is 12.0. The average molecular weight is 339 g/mol. The van der Waals surface area contributed by atoms with Gasteiger partial charge >= 0.3 is 0 Å². The van der Waals surface area contributed by atoms with Crippen molar-refractivity contribution in [1.29, 1.82) is 0 Å². The third-order valence-electron chi connectivity index (χ3n) is 3.40. The summed E-state index contributed by atoms with van der Waals surface area (Å²) in [6.45, 7) is 1.94. The van der Waals surface area contributed by atoms with Crippen molar-refractivity contribution in [3.63, 3.8) is 0 Å². The van der Waals surface area contributed by atoms with Gasteiger partial charge in [-0.15, -0.1) is 0 Å². The van der Waals surface area contributed by atoms with E-state index in [2.05, 4.69) is 15.8 Å². The first-order chi connectivity index (χ1) is 12.1. The molecule has 2 aromatic carbocycles. The molecule has 2 amide bonds. The van der Waals surface area contributed by atoms with Gasteiger partial charge in [-0.1, -0.05) is 6.92 Å². The highest BCUT2D eigenvalue weighted by atomic mass is 16.5. The second kappa shape index (κ2) is 9.22. The zero-order valence-corrected chi connectivity index (χ0v) is 14.3. The Morgan fingerprint density at radius 1 is 1.08 bits per heavy atom. The number of hydrogen-bond donors (Lipinski definition) is 2. The minimum atomic E-state index is -0.323. The first kappa shape index (κ1) is 18.2. The van der Waals surface area contributed by atoms with E-state index in [9.17, 15) is 9.59 Å². The van der Waals surface area contributed by atoms with Crippen LogP contribution in [0.3, 0.4) is 0 Å². The highest BCUT2D eigenvalue weighted by molar-refractivity contribution is 5.96. The number of hydrazone groups is 1. The molecule has 0 saturated carbocycles. The summed E-state index contributed by atoms with van der Waals surface area (Å²) < 4.78 is 5.08. The maximum atomic E-state index is 12.0. The number of ether oxygens (including phenoxy) is 1. The molecule has 0 spiro atoms. The Bertz CT molecular complexity index is 738. The van der Waals surface area contributed by atoms with E-state index in [1.54, 1.807) is 37.6 Å². The molecular formula is C19H21N3O3. The van der Waals surface area contributed by atoms with Crippen molar-refractivity contribution >= 4 is 23.7 Å². The quantitative estimate of drug-likeness (QED) is 0.600. The number of carbonyl (C=O) groups is 2. The van der Waals surface area contributed by atoms with Crippen LogP contribution in [0, 0.1) is 0 Å². The van der Waals surface area contributed by atoms with E-state index >= 15 is 0 Å². The second-order valence-corrected chi connectivity index (χ2v) is 5.35. The molecule has 0 unspecified atom stereocenters. The topological polar surface area (TPSA) is 79.8 Å². The Labute approximate surface area is 146 Å². The number of nitrogens with zero attached hydrogens (tertiary/aromatic N) is 1. The van der Waals surface area contributed by atoms with Crippen LogP contribution in [-0.4, -0.2) is 25.1 Å². The van der Waals surface area contributed by atoms with Crippen molar-refractivity contribution in [2.75, 3.05) is 12.4 Å². The Morgan fingerprint density at radius 2 is 1.76 bits per heavy atom. The molecule has 2 rings (SSSR count). The van der Waals surface area contributed by atoms with Gasteiger partial charge in [0.2, 0.25) is 5.91 Å². The molecule has 130 valence electrons. The lowest BCUT2D eigenvalue weighted by molar-refractivity contribution is -0.116. The monoisotopic (exact) mass is 339 g/mol. The van der Waals surface area contributed by atoms with Gasteiger partial charge in [-0.3, -0.25) is 9.59 Å². The van der Waals surface area contributed by atoms with Crippen molar-refractivity contribution in [3.8, 4) is 5.75 Å². The summed E-state index contributed by atoms with van der Waals surface area (Å²) in [5.41, 5.74) is 4.43. The SMILES string of the molecule is CCCC(=O)Nc1ccc(C(=O)N/N=C\c2ccc(OC)cc2)cc1. The van der Waals surface area contributed by atoms with E-state index in [0.717, 1.165) is 17.7 Å². The summed E-state index contributed by atoms with van der Waals surface area (Å²) in [4.78, 5) is 23.6. The second-order valence-electron chi connectivity index (χ2n) is 5.35. The van der Waals surface area contributed by atoms with Crippen LogP contribution in [0.25, 0.3) is 0 Å². The van der Waals surface area contributed by atoms with E-state index in [0.29, 0.717) is 17.7 Å². The van der Waals surface area contributed by atoms with Crippen LogP contribution >= 0.6 is 0 Å². The van der Waals surface area contributed by atoms with Crippen LogP contribution in [-0.2, 0) is 4.79 Å². The minimum absolute atomic E-state index is 0.0382. The van der Waals surface area contributed by atoms with Gasteiger partial charge in [0.15, 0.2) is 0 Å². The van der Waals surface area contributed by atoms with E-state index in [4.69, 9.17) is 4.74 Å². The van der Waals surface area contributed by atoms with Gasteiger partial charge in [0.25, 0.3) is 5.91 Å². The van der Waals surface area contributed by atoms with Crippen molar-refractivity contribution < 1.29 is 14.3 Å². The predicted octanol–water partition coefficient (Wildman–Crippen LogP) is 3.20. The fourth-order valence-electron chi connectivity index (χ4n) is 2.08. The molecule has 0 aliphatic heterocycles. The number of hydrogen-bond acceptors (Lipinski definition) is 4. The van der Waals surface area contributed by atoms with E-state index in [-0.39, 0.29) is 11.8 Å². The number of nitrogens with one attached hydrogen (secondary N) is 2. The highest BCUT2D eigenvalue weighted by Gasteiger charge is 2.05. The summed E-state index contributed by atoms with van der Waals surface area (Å²) in [5, 5.41) is 6.71. The Balaban J connectivity index is 1.89. The van der Waals surface area contributed by atoms with Gasteiger partial charge < -0.3 is 10.1 Å². The van der Waals surface area contributed by atoms with Crippen LogP contribution in [0.1, 0.15) is 35.7 Å². The molecule has 0 aromatic heterocycles. The smallest absolute Gasteiger partial charge is 0.271 e. The van der Waals surface area contributed by atoms with Crippen LogP contribution in [0.15, 0.2) is 53.6 Å². The highest BCUT2D eigenvalue weighted by Crippen LogP contribution is 2.11. The van der Waals surface area contributed by atoms with Crippen molar-refractivity contribution in [2.24, 2.45) is 5.10 Å². The Kier molecular flexibility index (Phi) is 6.71. The molecule has 0 atom stereocenters. The molecule has 0 heterocycles. The number of amides is 2. The maximum Gasteiger partial charge on any atom is 0.271 e. The van der Waals surface area contributed by atoms with Gasteiger partial charge in [-0.2, -0.15) is 5.10 Å². The fraction of sp³-hybridized carbons (Fsp3) is 0.211. The minimum Gasteiger partial charge on any atom is -0.497 e. The fourth-order valence-corrected chi connectivity index (χ4v) is 2.08. The third kappa shape index (κ3) is 5.76. The largest absolute Gasteiger partial charge is 0.497 e. The molecule has 0 saturated heterocycles. The predicted molar refractivity (Wildman–Crippen MR) is 98.0 cm³/mol. The number of anilines is 1. The van der Waals surface area contributed by atoms with Crippen LogP contribution in [0.2, 0.25) is 0 Å². The molecule has 6 heteroatoms. The first-order valence-electron chi connectivity index (χ1n) is 7.99. The molecule has 2 aromatic rings. The molecule has 0 aliphatic rings. The zero-order valence-electron chi connectivity index (χ0n) is 14.3. The molecule has 2 N–H and O–H groups in total. The summed E-state index contributed by atoms with van der Waals surface area (Å²) in [6, 6.07) is 14.0. The first-order valence-corrected chi connectivity index (χ1v) is 7.99. The zero-order chi connectivity index (χ0) is 18.1. The van der Waals surface area contributed by atoms with E-state index in [1.165, 1.54) is 0 Å². The van der Waals surface area contributed by atoms with Gasteiger partial charge in [0.05, 0.1) is 13.3 Å².